The maximum atomic E-state index is 10.6. The largest absolute Gasteiger partial charge is 0.378 e. The Bertz CT molecular complexity index is 296. The molecule has 0 aliphatic heterocycles. The van der Waals surface area contributed by atoms with Crippen LogP contribution in [0.4, 0.5) is 0 Å². The van der Waals surface area contributed by atoms with E-state index in [9.17, 15) is 9.90 Å². The molecular weight excluding hydrogens is 154 g/mol. The van der Waals surface area contributed by atoms with Gasteiger partial charge in [0.15, 0.2) is 6.10 Å². The lowest BCUT2D eigenvalue weighted by Gasteiger charge is -2.08. The molecule has 0 aliphatic rings. The molecule has 3 N–H and O–H groups in total. The lowest BCUT2D eigenvalue weighted by Crippen LogP contribution is -2.21. The molecule has 0 radical (unpaired) electrons. The monoisotopic (exact) mass is 165 g/mol. The van der Waals surface area contributed by atoms with E-state index in [-0.39, 0.29) is 0 Å². The van der Waals surface area contributed by atoms with E-state index in [2.05, 4.69) is 0 Å². The van der Waals surface area contributed by atoms with Crippen LogP contribution < -0.4 is 5.73 Å². The molecule has 1 aromatic rings. The Morgan fingerprint density at radius 1 is 1.50 bits per heavy atom. The van der Waals surface area contributed by atoms with Crippen molar-refractivity contribution >= 4 is 5.91 Å². The zero-order chi connectivity index (χ0) is 9.14. The highest BCUT2D eigenvalue weighted by atomic mass is 16.3. The summed E-state index contributed by atoms with van der Waals surface area (Å²) in [5, 5.41) is 9.30. The molecular formula is C9H11NO2. The first kappa shape index (κ1) is 8.74. The molecule has 1 atom stereocenters. The van der Waals surface area contributed by atoms with Crippen LogP contribution in [-0.2, 0) is 4.79 Å². The Kier molecular flexibility index (Phi) is 2.45. The van der Waals surface area contributed by atoms with Crippen LogP contribution in [0.5, 0.6) is 0 Å². The Balaban J connectivity index is 3.02. The Morgan fingerprint density at radius 2 is 2.08 bits per heavy atom. The maximum absolute atomic E-state index is 10.6. The van der Waals surface area contributed by atoms with Crippen molar-refractivity contribution < 1.29 is 9.90 Å². The van der Waals surface area contributed by atoms with Crippen molar-refractivity contribution in [3.8, 4) is 0 Å². The first-order valence-electron chi connectivity index (χ1n) is 3.66. The van der Waals surface area contributed by atoms with Crippen LogP contribution in [0, 0.1) is 6.92 Å². The molecule has 0 spiro atoms. The van der Waals surface area contributed by atoms with E-state index in [0.717, 1.165) is 5.56 Å². The highest BCUT2D eigenvalue weighted by Gasteiger charge is 2.14. The summed E-state index contributed by atoms with van der Waals surface area (Å²) < 4.78 is 0. The molecule has 0 fully saturated rings. The van der Waals surface area contributed by atoms with Gasteiger partial charge in [-0.3, -0.25) is 4.79 Å². The molecule has 3 heteroatoms. The van der Waals surface area contributed by atoms with Crippen LogP contribution in [0.25, 0.3) is 0 Å². The SMILES string of the molecule is Cc1ccccc1[C@H](O)C(N)=O. The molecule has 1 amide bonds. The second-order valence-corrected chi connectivity index (χ2v) is 2.66. The number of nitrogens with two attached hydrogens (primary N) is 1. The third-order valence-corrected chi connectivity index (χ3v) is 1.75. The molecule has 0 bridgehead atoms. The normalized spacial score (nSPS) is 12.5. The van der Waals surface area contributed by atoms with Crippen LogP contribution in [0.1, 0.15) is 17.2 Å². The first-order valence-corrected chi connectivity index (χ1v) is 3.66. The molecule has 1 rings (SSSR count). The van der Waals surface area contributed by atoms with E-state index < -0.39 is 12.0 Å². The van der Waals surface area contributed by atoms with Gasteiger partial charge in [0.2, 0.25) is 0 Å². The summed E-state index contributed by atoms with van der Waals surface area (Å²) in [6, 6.07) is 7.10. The van der Waals surface area contributed by atoms with E-state index in [1.807, 2.05) is 19.1 Å². The van der Waals surface area contributed by atoms with Gasteiger partial charge >= 0.3 is 0 Å². The Morgan fingerprint density at radius 3 is 2.58 bits per heavy atom. The molecule has 0 unspecified atom stereocenters. The number of aliphatic hydroxyl groups excluding tert-OH is 1. The summed E-state index contributed by atoms with van der Waals surface area (Å²) in [5.74, 6) is -0.718. The van der Waals surface area contributed by atoms with Gasteiger partial charge in [0.25, 0.3) is 5.91 Å². The second kappa shape index (κ2) is 3.36. The minimum Gasteiger partial charge on any atom is -0.378 e. The number of aryl methyl sites for hydroxylation is 1. The molecule has 0 saturated carbocycles. The van der Waals surface area contributed by atoms with Crippen molar-refractivity contribution in [3.05, 3.63) is 35.4 Å². The van der Waals surface area contributed by atoms with E-state index in [4.69, 9.17) is 5.73 Å². The lowest BCUT2D eigenvalue weighted by atomic mass is 10.0. The third kappa shape index (κ3) is 1.62. The average molecular weight is 165 g/mol. The van der Waals surface area contributed by atoms with Gasteiger partial charge in [0, 0.05) is 0 Å². The number of hydrogen-bond acceptors (Lipinski definition) is 2. The maximum Gasteiger partial charge on any atom is 0.250 e. The summed E-state index contributed by atoms with van der Waals surface area (Å²) >= 11 is 0. The minimum absolute atomic E-state index is 0.574. The highest BCUT2D eigenvalue weighted by molar-refractivity contribution is 5.80. The number of hydrogen-bond donors (Lipinski definition) is 2. The standard InChI is InChI=1S/C9H11NO2/c1-6-4-2-3-5-7(6)8(11)9(10)12/h2-5,8,11H,1H3,(H2,10,12)/t8-/m0/s1. The summed E-state index contributed by atoms with van der Waals surface area (Å²) in [5.41, 5.74) is 6.39. The van der Waals surface area contributed by atoms with Crippen LogP contribution in [-0.4, -0.2) is 11.0 Å². The van der Waals surface area contributed by atoms with Crippen molar-refractivity contribution in [2.24, 2.45) is 5.73 Å². The van der Waals surface area contributed by atoms with Crippen molar-refractivity contribution in [1.29, 1.82) is 0 Å². The van der Waals surface area contributed by atoms with E-state index in [0.29, 0.717) is 5.56 Å². The van der Waals surface area contributed by atoms with Crippen molar-refractivity contribution in [2.75, 3.05) is 0 Å². The van der Waals surface area contributed by atoms with Crippen LogP contribution in [0.3, 0.4) is 0 Å². The quantitative estimate of drug-likeness (QED) is 0.670. The predicted molar refractivity (Wildman–Crippen MR) is 45.3 cm³/mol. The van der Waals surface area contributed by atoms with Gasteiger partial charge in [-0.1, -0.05) is 24.3 Å². The molecule has 0 saturated heterocycles. The third-order valence-electron chi connectivity index (χ3n) is 1.75. The minimum atomic E-state index is -1.19. The van der Waals surface area contributed by atoms with Gasteiger partial charge in [-0.05, 0) is 18.1 Å². The zero-order valence-corrected chi connectivity index (χ0v) is 6.82. The summed E-state index contributed by atoms with van der Waals surface area (Å²) in [7, 11) is 0. The van der Waals surface area contributed by atoms with Crippen LogP contribution in [0.2, 0.25) is 0 Å². The van der Waals surface area contributed by atoms with E-state index >= 15 is 0 Å². The molecule has 12 heavy (non-hydrogen) atoms. The Hall–Kier alpha value is -1.35. The second-order valence-electron chi connectivity index (χ2n) is 2.66. The number of carbonyl (C=O) groups is 1. The predicted octanol–water partition coefficient (Wildman–Crippen LogP) is 0.514. The lowest BCUT2D eigenvalue weighted by molar-refractivity contribution is -0.126. The Labute approximate surface area is 70.8 Å². The van der Waals surface area contributed by atoms with Crippen molar-refractivity contribution in [2.45, 2.75) is 13.0 Å². The van der Waals surface area contributed by atoms with Crippen molar-refractivity contribution in [1.82, 2.24) is 0 Å². The van der Waals surface area contributed by atoms with Crippen LogP contribution in [0.15, 0.2) is 24.3 Å². The molecule has 3 nitrogen and oxygen atoms in total. The van der Waals surface area contributed by atoms with Gasteiger partial charge in [-0.25, -0.2) is 0 Å². The fourth-order valence-electron chi connectivity index (χ4n) is 1.05. The number of rotatable bonds is 2. The average Bonchev–Trinajstić information content (AvgIpc) is 2.04. The molecule has 0 aliphatic carbocycles. The number of primary amides is 1. The van der Waals surface area contributed by atoms with E-state index in [1.165, 1.54) is 0 Å². The van der Waals surface area contributed by atoms with Gasteiger partial charge in [-0.15, -0.1) is 0 Å². The van der Waals surface area contributed by atoms with Crippen LogP contribution >= 0.6 is 0 Å². The summed E-state index contributed by atoms with van der Waals surface area (Å²) in [4.78, 5) is 10.6. The topological polar surface area (TPSA) is 63.3 Å². The number of carbonyl (C=O) groups excluding carboxylic acids is 1. The van der Waals surface area contributed by atoms with Gasteiger partial charge in [0.1, 0.15) is 0 Å². The fourth-order valence-corrected chi connectivity index (χ4v) is 1.05. The smallest absolute Gasteiger partial charge is 0.250 e. The van der Waals surface area contributed by atoms with Gasteiger partial charge in [-0.2, -0.15) is 0 Å². The molecule has 0 heterocycles. The summed E-state index contributed by atoms with van der Waals surface area (Å²) in [6.07, 6.45) is -1.19. The number of benzene rings is 1. The first-order chi connectivity index (χ1) is 5.63. The number of amides is 1. The van der Waals surface area contributed by atoms with Crippen molar-refractivity contribution in [3.63, 3.8) is 0 Å². The molecule has 64 valence electrons. The number of aliphatic hydroxyl groups is 1. The van der Waals surface area contributed by atoms with Gasteiger partial charge in [0.05, 0.1) is 0 Å². The molecule has 0 aromatic heterocycles. The molecule has 1 aromatic carbocycles. The fraction of sp³-hybridized carbons (Fsp3) is 0.222. The summed E-state index contributed by atoms with van der Waals surface area (Å²) in [6.45, 7) is 1.82. The zero-order valence-electron chi connectivity index (χ0n) is 6.82. The van der Waals surface area contributed by atoms with E-state index in [1.54, 1.807) is 12.1 Å². The van der Waals surface area contributed by atoms with Gasteiger partial charge < -0.3 is 10.8 Å². The highest BCUT2D eigenvalue weighted by Crippen LogP contribution is 2.15.